The number of benzene rings is 1. The summed E-state index contributed by atoms with van der Waals surface area (Å²) in [6.45, 7) is 3.91. The Hall–Kier alpha value is -2.08. The van der Waals surface area contributed by atoms with Gasteiger partial charge in [0.15, 0.2) is 18.1 Å². The highest BCUT2D eigenvalue weighted by molar-refractivity contribution is 5.43. The lowest BCUT2D eigenvalue weighted by molar-refractivity contribution is 0.247. The molecule has 0 bridgehead atoms. The second kappa shape index (κ2) is 6.38. The minimum absolute atomic E-state index is 0.0924. The first-order valence-electron chi connectivity index (χ1n) is 6.42. The van der Waals surface area contributed by atoms with E-state index in [-0.39, 0.29) is 12.6 Å². The number of aromatic nitrogens is 2. The molecule has 2 aromatic rings. The van der Waals surface area contributed by atoms with Crippen LogP contribution in [0.25, 0.3) is 0 Å². The minimum atomic E-state index is 0.0924. The normalized spacial score (nSPS) is 12.2. The van der Waals surface area contributed by atoms with Gasteiger partial charge in [-0.15, -0.1) is 10.2 Å². The summed E-state index contributed by atoms with van der Waals surface area (Å²) in [6, 6.07) is 5.86. The van der Waals surface area contributed by atoms with Crippen molar-refractivity contribution in [1.82, 2.24) is 10.2 Å². The predicted octanol–water partition coefficient (Wildman–Crippen LogP) is 1.86. The zero-order chi connectivity index (χ0) is 14.5. The van der Waals surface area contributed by atoms with Crippen LogP contribution in [0.2, 0.25) is 0 Å². The second-order valence-corrected chi connectivity index (χ2v) is 4.67. The van der Waals surface area contributed by atoms with Crippen molar-refractivity contribution in [1.29, 1.82) is 0 Å². The van der Waals surface area contributed by atoms with Crippen molar-refractivity contribution in [2.75, 3.05) is 7.11 Å². The Morgan fingerprint density at radius 1 is 1.30 bits per heavy atom. The van der Waals surface area contributed by atoms with Crippen molar-refractivity contribution >= 4 is 0 Å². The molecule has 1 heterocycles. The zero-order valence-electron chi connectivity index (χ0n) is 11.9. The van der Waals surface area contributed by atoms with E-state index < -0.39 is 0 Å². The minimum Gasteiger partial charge on any atom is -0.493 e. The molecule has 0 fully saturated rings. The van der Waals surface area contributed by atoms with Gasteiger partial charge in [0.1, 0.15) is 0 Å². The number of methoxy groups -OCH3 is 1. The van der Waals surface area contributed by atoms with E-state index in [9.17, 15) is 0 Å². The molecule has 0 aliphatic heterocycles. The summed E-state index contributed by atoms with van der Waals surface area (Å²) in [6.07, 6.45) is 0.778. The van der Waals surface area contributed by atoms with Gasteiger partial charge in [-0.25, -0.2) is 0 Å². The van der Waals surface area contributed by atoms with Gasteiger partial charge in [0.05, 0.1) is 7.11 Å². The van der Waals surface area contributed by atoms with Gasteiger partial charge in [-0.3, -0.25) is 0 Å². The molecule has 20 heavy (non-hydrogen) atoms. The lowest BCUT2D eigenvalue weighted by Crippen LogP contribution is -2.17. The topological polar surface area (TPSA) is 83.4 Å². The van der Waals surface area contributed by atoms with E-state index in [1.165, 1.54) is 0 Å². The average molecular weight is 277 g/mol. The molecular weight excluding hydrogens is 258 g/mol. The molecular formula is C14H19N3O3. The van der Waals surface area contributed by atoms with Gasteiger partial charge in [-0.05, 0) is 31.0 Å². The first-order chi connectivity index (χ1) is 9.58. The lowest BCUT2D eigenvalue weighted by Gasteiger charge is -2.12. The van der Waals surface area contributed by atoms with Crippen LogP contribution >= 0.6 is 0 Å². The summed E-state index contributed by atoms with van der Waals surface area (Å²) in [5.74, 6) is 2.25. The largest absolute Gasteiger partial charge is 0.493 e. The van der Waals surface area contributed by atoms with Crippen LogP contribution in [0.3, 0.4) is 0 Å². The third-order valence-corrected chi connectivity index (χ3v) is 2.70. The lowest BCUT2D eigenvalue weighted by atomic mass is 10.1. The molecule has 2 N–H and O–H groups in total. The molecule has 1 atom stereocenters. The van der Waals surface area contributed by atoms with Gasteiger partial charge in [-0.2, -0.15) is 0 Å². The molecule has 6 heteroatoms. The quantitative estimate of drug-likeness (QED) is 0.867. The Balaban J connectivity index is 2.11. The van der Waals surface area contributed by atoms with E-state index in [1.807, 2.05) is 25.1 Å². The van der Waals surface area contributed by atoms with Gasteiger partial charge in [0, 0.05) is 13.0 Å². The molecule has 1 unspecified atom stereocenters. The Labute approximate surface area is 117 Å². The summed E-state index contributed by atoms with van der Waals surface area (Å²) < 4.78 is 16.2. The fourth-order valence-electron chi connectivity index (χ4n) is 1.87. The van der Waals surface area contributed by atoms with Crippen molar-refractivity contribution < 1.29 is 13.9 Å². The van der Waals surface area contributed by atoms with Gasteiger partial charge in [-0.1, -0.05) is 6.07 Å². The molecule has 1 aromatic heterocycles. The fraction of sp³-hybridized carbons (Fsp3) is 0.429. The van der Waals surface area contributed by atoms with Crippen molar-refractivity contribution in [3.8, 4) is 11.5 Å². The molecule has 0 radical (unpaired) electrons. The highest BCUT2D eigenvalue weighted by Gasteiger charge is 2.09. The predicted molar refractivity (Wildman–Crippen MR) is 73.7 cm³/mol. The molecule has 0 saturated carbocycles. The standard InChI is InChI=1S/C14H19N3O3/c1-9(15)6-11-4-5-12(18-3)13(7-11)19-8-14-17-16-10(2)20-14/h4-5,7,9H,6,8,15H2,1-3H3. The van der Waals surface area contributed by atoms with Crippen LogP contribution in [0.1, 0.15) is 24.3 Å². The third-order valence-electron chi connectivity index (χ3n) is 2.70. The van der Waals surface area contributed by atoms with Crippen molar-refractivity contribution in [2.45, 2.75) is 32.9 Å². The Morgan fingerprint density at radius 3 is 2.70 bits per heavy atom. The molecule has 0 spiro atoms. The summed E-state index contributed by atoms with van der Waals surface area (Å²) in [5.41, 5.74) is 6.90. The van der Waals surface area contributed by atoms with Crippen LogP contribution in [0.15, 0.2) is 22.6 Å². The number of nitrogens with zero attached hydrogens (tertiary/aromatic N) is 2. The Bertz CT molecular complexity index is 567. The van der Waals surface area contributed by atoms with Crippen molar-refractivity contribution in [2.24, 2.45) is 5.73 Å². The maximum Gasteiger partial charge on any atom is 0.253 e. The van der Waals surface area contributed by atoms with Gasteiger partial charge in [0.2, 0.25) is 5.89 Å². The number of hydrogen-bond donors (Lipinski definition) is 1. The Morgan fingerprint density at radius 2 is 2.10 bits per heavy atom. The van der Waals surface area contributed by atoms with Gasteiger partial charge < -0.3 is 19.6 Å². The number of hydrogen-bond acceptors (Lipinski definition) is 6. The zero-order valence-corrected chi connectivity index (χ0v) is 11.9. The Kier molecular flexibility index (Phi) is 4.57. The SMILES string of the molecule is COc1ccc(CC(C)N)cc1OCc1nnc(C)o1. The number of aryl methyl sites for hydroxylation is 1. The molecule has 2 rings (SSSR count). The van der Waals surface area contributed by atoms with Crippen LogP contribution in [0.5, 0.6) is 11.5 Å². The monoisotopic (exact) mass is 277 g/mol. The molecule has 0 aliphatic carbocycles. The number of nitrogens with two attached hydrogens (primary N) is 1. The van der Waals surface area contributed by atoms with Gasteiger partial charge in [0.25, 0.3) is 5.89 Å². The molecule has 1 aromatic carbocycles. The van der Waals surface area contributed by atoms with Crippen LogP contribution in [-0.4, -0.2) is 23.3 Å². The maximum atomic E-state index is 5.81. The van der Waals surface area contributed by atoms with E-state index >= 15 is 0 Å². The maximum absolute atomic E-state index is 5.81. The van der Waals surface area contributed by atoms with Crippen LogP contribution in [0, 0.1) is 6.92 Å². The van der Waals surface area contributed by atoms with E-state index in [2.05, 4.69) is 10.2 Å². The fourth-order valence-corrected chi connectivity index (χ4v) is 1.87. The summed E-state index contributed by atoms with van der Waals surface area (Å²) >= 11 is 0. The third kappa shape index (κ3) is 3.71. The number of ether oxygens (including phenoxy) is 2. The molecule has 0 aliphatic rings. The average Bonchev–Trinajstić information content (AvgIpc) is 2.82. The first kappa shape index (κ1) is 14.3. The molecule has 108 valence electrons. The highest BCUT2D eigenvalue weighted by Crippen LogP contribution is 2.29. The molecule has 0 amide bonds. The first-order valence-corrected chi connectivity index (χ1v) is 6.42. The summed E-state index contributed by atoms with van der Waals surface area (Å²) in [7, 11) is 1.60. The van der Waals surface area contributed by atoms with E-state index in [0.717, 1.165) is 12.0 Å². The van der Waals surface area contributed by atoms with Crippen LogP contribution in [-0.2, 0) is 13.0 Å². The summed E-state index contributed by atoms with van der Waals surface area (Å²) in [4.78, 5) is 0. The second-order valence-electron chi connectivity index (χ2n) is 4.67. The van der Waals surface area contributed by atoms with E-state index in [0.29, 0.717) is 23.3 Å². The van der Waals surface area contributed by atoms with Crippen molar-refractivity contribution in [3.63, 3.8) is 0 Å². The van der Waals surface area contributed by atoms with E-state index in [1.54, 1.807) is 14.0 Å². The van der Waals surface area contributed by atoms with Crippen LogP contribution < -0.4 is 15.2 Å². The van der Waals surface area contributed by atoms with Crippen molar-refractivity contribution in [3.05, 3.63) is 35.5 Å². The molecule has 0 saturated heterocycles. The van der Waals surface area contributed by atoms with Crippen LogP contribution in [0.4, 0.5) is 0 Å². The summed E-state index contributed by atoms with van der Waals surface area (Å²) in [5, 5.41) is 7.64. The smallest absolute Gasteiger partial charge is 0.253 e. The highest BCUT2D eigenvalue weighted by atomic mass is 16.5. The molecule has 6 nitrogen and oxygen atoms in total. The van der Waals surface area contributed by atoms with E-state index in [4.69, 9.17) is 19.6 Å². The van der Waals surface area contributed by atoms with Gasteiger partial charge >= 0.3 is 0 Å². The number of rotatable bonds is 6.